The molecule has 1 aromatic rings. The minimum atomic E-state index is 0.983. The first kappa shape index (κ1) is 16.1. The third-order valence-electron chi connectivity index (χ3n) is 4.10. The first-order valence-electron chi connectivity index (χ1n) is 7.79. The lowest BCUT2D eigenvalue weighted by atomic mass is 10.1. The molecule has 0 amide bonds. The number of likely N-dealkylation sites (tertiary alicyclic amines) is 1. The molecule has 3 nitrogen and oxygen atoms in total. The summed E-state index contributed by atoms with van der Waals surface area (Å²) in [7, 11) is 0. The van der Waals surface area contributed by atoms with Gasteiger partial charge in [0.1, 0.15) is 0 Å². The van der Waals surface area contributed by atoms with Gasteiger partial charge in [-0.3, -0.25) is 4.99 Å². The van der Waals surface area contributed by atoms with E-state index >= 15 is 0 Å². The summed E-state index contributed by atoms with van der Waals surface area (Å²) in [6.07, 6.45) is 13.1. The van der Waals surface area contributed by atoms with Crippen molar-refractivity contribution in [2.24, 2.45) is 4.99 Å². The molecule has 3 heteroatoms. The Labute approximate surface area is 133 Å². The predicted octanol–water partition coefficient (Wildman–Crippen LogP) is 4.54. The molecule has 0 atom stereocenters. The zero-order chi connectivity index (χ0) is 15.9. The van der Waals surface area contributed by atoms with Crippen molar-refractivity contribution in [1.82, 2.24) is 9.88 Å². The van der Waals surface area contributed by atoms with Gasteiger partial charge in [0.05, 0.1) is 0 Å². The number of allylic oxidation sites excluding steroid dienone is 1. The molecule has 0 aromatic carbocycles. The normalized spacial score (nSPS) is 16.0. The van der Waals surface area contributed by atoms with Crippen LogP contribution >= 0.6 is 0 Å². The first-order chi connectivity index (χ1) is 10.7. The average Bonchev–Trinajstić information content (AvgIpc) is 2.86. The Morgan fingerprint density at radius 1 is 1.14 bits per heavy atom. The highest BCUT2D eigenvalue weighted by atomic mass is 15.1. The smallest absolute Gasteiger partial charge is 0.0471 e. The fourth-order valence-electron chi connectivity index (χ4n) is 2.83. The predicted molar refractivity (Wildman–Crippen MR) is 97.0 cm³/mol. The van der Waals surface area contributed by atoms with Crippen LogP contribution in [0, 0.1) is 6.92 Å². The Morgan fingerprint density at radius 3 is 2.45 bits per heavy atom. The molecule has 116 valence electrons. The number of nitrogens with zero attached hydrogens (tertiary/aromatic N) is 2. The summed E-state index contributed by atoms with van der Waals surface area (Å²) in [4.78, 5) is 9.96. The zero-order valence-electron chi connectivity index (χ0n) is 13.4. The maximum atomic E-state index is 4.13. The van der Waals surface area contributed by atoms with Gasteiger partial charge in [0.25, 0.3) is 0 Å². The third-order valence-corrected chi connectivity index (χ3v) is 4.10. The number of hydrogen-bond acceptors (Lipinski definition) is 2. The second-order valence-corrected chi connectivity index (χ2v) is 5.48. The van der Waals surface area contributed by atoms with E-state index in [0.717, 1.165) is 35.6 Å². The Morgan fingerprint density at radius 2 is 1.86 bits per heavy atom. The summed E-state index contributed by atoms with van der Waals surface area (Å²) in [6.45, 7) is 15.8. The number of aromatic amines is 1. The number of aliphatic imine (C=N–C) groups is 1. The van der Waals surface area contributed by atoms with E-state index < -0.39 is 0 Å². The monoisotopic (exact) mass is 295 g/mol. The van der Waals surface area contributed by atoms with Crippen LogP contribution in [0.3, 0.4) is 0 Å². The van der Waals surface area contributed by atoms with Crippen molar-refractivity contribution in [2.75, 3.05) is 13.1 Å². The highest BCUT2D eigenvalue weighted by molar-refractivity contribution is 5.88. The molecule has 2 rings (SSSR count). The van der Waals surface area contributed by atoms with Gasteiger partial charge in [-0.2, -0.15) is 0 Å². The fourth-order valence-corrected chi connectivity index (χ4v) is 2.83. The van der Waals surface area contributed by atoms with Crippen molar-refractivity contribution in [3.05, 3.63) is 60.2 Å². The Bertz CT molecular complexity index is 611. The van der Waals surface area contributed by atoms with Gasteiger partial charge in [0.2, 0.25) is 0 Å². The lowest BCUT2D eigenvalue weighted by Crippen LogP contribution is -2.28. The van der Waals surface area contributed by atoms with E-state index in [2.05, 4.69) is 47.6 Å². The van der Waals surface area contributed by atoms with Gasteiger partial charge in [0.15, 0.2) is 0 Å². The highest BCUT2D eigenvalue weighted by Gasteiger charge is 2.14. The van der Waals surface area contributed by atoms with Gasteiger partial charge in [-0.15, -0.1) is 0 Å². The molecule has 22 heavy (non-hydrogen) atoms. The quantitative estimate of drug-likeness (QED) is 0.606. The van der Waals surface area contributed by atoms with E-state index in [1.807, 2.05) is 18.4 Å². The highest BCUT2D eigenvalue weighted by Crippen LogP contribution is 2.23. The summed E-state index contributed by atoms with van der Waals surface area (Å²) < 4.78 is 0. The van der Waals surface area contributed by atoms with Crippen molar-refractivity contribution < 1.29 is 0 Å². The molecular formula is C19H25N3. The molecule has 0 spiro atoms. The number of aromatic nitrogens is 1. The summed E-state index contributed by atoms with van der Waals surface area (Å²) in [5.74, 6) is 0. The largest absolute Gasteiger partial charge is 0.371 e. The van der Waals surface area contributed by atoms with Crippen molar-refractivity contribution in [3.63, 3.8) is 0 Å². The molecule has 0 bridgehead atoms. The maximum Gasteiger partial charge on any atom is 0.0471 e. The van der Waals surface area contributed by atoms with Crippen molar-refractivity contribution in [2.45, 2.75) is 26.2 Å². The summed E-state index contributed by atoms with van der Waals surface area (Å²) in [6, 6.07) is 0. The number of hydrogen-bond donors (Lipinski definition) is 1. The zero-order valence-corrected chi connectivity index (χ0v) is 13.4. The average molecular weight is 295 g/mol. The van der Waals surface area contributed by atoms with Gasteiger partial charge in [-0.25, -0.2) is 0 Å². The van der Waals surface area contributed by atoms with E-state index in [1.165, 1.54) is 31.2 Å². The standard InChI is InChI=1S/C19H25N3/c1-5-16(22-11-9-8-10-12-22)13-19-15(4)17(14-20-7-3)18(6-2)21-19/h5-7,13-14,21H,1-3,8-12H2,4H3/b16-13+,20-14?. The van der Waals surface area contributed by atoms with Crippen LogP contribution in [0.5, 0.6) is 0 Å². The molecule has 1 saturated heterocycles. The van der Waals surface area contributed by atoms with Crippen molar-refractivity contribution in [3.8, 4) is 0 Å². The molecule has 0 aliphatic carbocycles. The summed E-state index contributed by atoms with van der Waals surface area (Å²) in [5, 5.41) is 0. The SMILES string of the molecule is C=CN=Cc1c(C=C)[nH]c(/C=C(\C=C)N2CCCCC2)c1C. The number of nitrogens with one attached hydrogen (secondary N) is 1. The van der Waals surface area contributed by atoms with Crippen LogP contribution in [0.2, 0.25) is 0 Å². The minimum Gasteiger partial charge on any atom is -0.371 e. The Hall–Kier alpha value is -2.29. The van der Waals surface area contributed by atoms with Crippen molar-refractivity contribution in [1.29, 1.82) is 0 Å². The molecule has 2 heterocycles. The number of rotatable bonds is 6. The van der Waals surface area contributed by atoms with Crippen LogP contribution in [-0.4, -0.2) is 29.2 Å². The van der Waals surface area contributed by atoms with Crippen LogP contribution in [0.15, 0.2) is 42.7 Å². The van der Waals surface area contributed by atoms with Crippen molar-refractivity contribution >= 4 is 18.4 Å². The van der Waals surface area contributed by atoms with Crippen LogP contribution in [0.25, 0.3) is 12.2 Å². The first-order valence-corrected chi connectivity index (χ1v) is 7.79. The molecule has 0 unspecified atom stereocenters. The molecule has 0 radical (unpaired) electrons. The van der Waals surface area contributed by atoms with E-state index in [9.17, 15) is 0 Å². The Balaban J connectivity index is 2.38. The summed E-state index contributed by atoms with van der Waals surface area (Å²) >= 11 is 0. The third kappa shape index (κ3) is 3.48. The molecule has 1 fully saturated rings. The van der Waals surface area contributed by atoms with E-state index in [1.54, 1.807) is 0 Å². The molecule has 1 N–H and O–H groups in total. The second-order valence-electron chi connectivity index (χ2n) is 5.48. The van der Waals surface area contributed by atoms with Gasteiger partial charge in [0, 0.05) is 48.2 Å². The topological polar surface area (TPSA) is 31.4 Å². The van der Waals surface area contributed by atoms with Crippen LogP contribution in [-0.2, 0) is 0 Å². The lowest BCUT2D eigenvalue weighted by molar-refractivity contribution is 0.295. The van der Waals surface area contributed by atoms with Crippen LogP contribution in [0.1, 0.15) is 41.8 Å². The maximum absolute atomic E-state index is 4.13. The molecule has 1 aliphatic heterocycles. The molecule has 1 aliphatic rings. The van der Waals surface area contributed by atoms with Gasteiger partial charge < -0.3 is 9.88 Å². The van der Waals surface area contributed by atoms with Gasteiger partial charge >= 0.3 is 0 Å². The molecule has 0 saturated carbocycles. The van der Waals surface area contributed by atoms with Crippen LogP contribution in [0.4, 0.5) is 0 Å². The van der Waals surface area contributed by atoms with E-state index in [4.69, 9.17) is 0 Å². The summed E-state index contributed by atoms with van der Waals surface area (Å²) in [5.41, 5.74) is 5.46. The van der Waals surface area contributed by atoms with E-state index in [-0.39, 0.29) is 0 Å². The number of H-pyrrole nitrogens is 1. The number of piperidine rings is 1. The van der Waals surface area contributed by atoms with E-state index in [0.29, 0.717) is 0 Å². The second kappa shape index (κ2) is 7.64. The minimum absolute atomic E-state index is 0.983. The van der Waals surface area contributed by atoms with Crippen LogP contribution < -0.4 is 0 Å². The van der Waals surface area contributed by atoms with Gasteiger partial charge in [-0.1, -0.05) is 19.7 Å². The lowest BCUT2D eigenvalue weighted by Gasteiger charge is -2.29. The molecular weight excluding hydrogens is 270 g/mol. The van der Waals surface area contributed by atoms with Gasteiger partial charge in [-0.05, 0) is 50.0 Å². The fraction of sp³-hybridized carbons (Fsp3) is 0.316. The molecule has 1 aromatic heterocycles. The Kier molecular flexibility index (Phi) is 5.59.